The van der Waals surface area contributed by atoms with Crippen molar-refractivity contribution in [3.8, 4) is 55.9 Å². The maximum Gasteiger partial charge on any atom is 0.0645 e. The monoisotopic (exact) mass is 715 g/mol. The topological polar surface area (TPSA) is 9.86 Å². The first-order chi connectivity index (χ1) is 29.0. The van der Waals surface area contributed by atoms with E-state index in [1.165, 1.54) is 11.1 Å². The second kappa shape index (κ2) is 13.2. The molecule has 2 heteroatoms. The lowest BCUT2D eigenvalue weighted by Crippen LogP contribution is -1.94. The van der Waals surface area contributed by atoms with Crippen molar-refractivity contribution in [1.82, 2.24) is 9.13 Å². The standard InChI is InChI=1S/C54H36N2/c1-4-13-37(14-5-1)40-17-12-18-41(33-40)39-23-28-46(29-24-39)56-53-32-27-43(35-50(53)48-30-25-44(36-54(48)56)38-15-6-2-7-16-38)42-26-31-52-49(34-42)47-21-10-11-22-51(47)55(52)45-19-8-3-9-20-45/h1-36H/i26D,31D,34D. The molecule has 2 aromatic heterocycles. The predicted octanol–water partition coefficient (Wildman–Crippen LogP) is 14.5. The van der Waals surface area contributed by atoms with E-state index in [9.17, 15) is 4.11 Å². The molecule has 9 aromatic carbocycles. The average Bonchev–Trinajstić information content (AvgIpc) is 3.82. The van der Waals surface area contributed by atoms with E-state index in [-0.39, 0.29) is 18.1 Å². The smallest absolute Gasteiger partial charge is 0.0645 e. The third-order valence-corrected chi connectivity index (χ3v) is 11.0. The van der Waals surface area contributed by atoms with E-state index in [4.69, 9.17) is 0 Å². The first kappa shape index (κ1) is 29.0. The van der Waals surface area contributed by atoms with E-state index < -0.39 is 0 Å². The molecule has 0 aliphatic heterocycles. The Balaban J connectivity index is 1.10. The molecule has 0 radical (unpaired) electrons. The Morgan fingerprint density at radius 2 is 0.768 bits per heavy atom. The van der Waals surface area contributed by atoms with Crippen molar-refractivity contribution in [2.24, 2.45) is 0 Å². The van der Waals surface area contributed by atoms with Gasteiger partial charge in [0.05, 0.1) is 26.2 Å². The first-order valence-electron chi connectivity index (χ1n) is 20.5. The molecular formula is C54H36N2. The Bertz CT molecular complexity index is 3390. The van der Waals surface area contributed by atoms with Crippen LogP contribution in [0, 0.1) is 0 Å². The van der Waals surface area contributed by atoms with Gasteiger partial charge in [0.15, 0.2) is 0 Å². The van der Waals surface area contributed by atoms with Gasteiger partial charge in [-0.1, -0.05) is 152 Å². The average molecular weight is 716 g/mol. The summed E-state index contributed by atoms with van der Waals surface area (Å²) >= 11 is 0. The van der Waals surface area contributed by atoms with Crippen LogP contribution in [0.5, 0.6) is 0 Å². The fourth-order valence-corrected chi connectivity index (χ4v) is 8.33. The highest BCUT2D eigenvalue weighted by Crippen LogP contribution is 2.40. The lowest BCUT2D eigenvalue weighted by Gasteiger charge is -2.11. The molecule has 0 saturated carbocycles. The Kier molecular flexibility index (Phi) is 6.81. The van der Waals surface area contributed by atoms with E-state index in [0.717, 1.165) is 71.9 Å². The number of nitrogens with zero attached hydrogens (tertiary/aromatic N) is 2. The molecule has 2 nitrogen and oxygen atoms in total. The molecule has 0 unspecified atom stereocenters. The molecule has 0 fully saturated rings. The zero-order valence-electron chi connectivity index (χ0n) is 33.4. The van der Waals surface area contributed by atoms with Gasteiger partial charge in [0.25, 0.3) is 0 Å². The van der Waals surface area contributed by atoms with Crippen molar-refractivity contribution >= 4 is 43.6 Å². The summed E-state index contributed by atoms with van der Waals surface area (Å²) < 4.78 is 33.0. The number of hydrogen-bond donors (Lipinski definition) is 0. The van der Waals surface area contributed by atoms with Gasteiger partial charge in [-0.2, -0.15) is 0 Å². The molecule has 0 spiro atoms. The number of para-hydroxylation sites is 2. The molecule has 262 valence electrons. The second-order valence-corrected chi connectivity index (χ2v) is 14.3. The summed E-state index contributed by atoms with van der Waals surface area (Å²) in [5.41, 5.74) is 13.7. The maximum absolute atomic E-state index is 9.74. The number of fused-ring (bicyclic) bond motifs is 6. The largest absolute Gasteiger partial charge is 0.309 e. The SMILES string of the molecule is [2H]c1c(-c2ccc3c(c2)c2ccc(-c4ccccc4)cc2n3-c2ccc(-c3cccc(-c4ccccc4)c3)cc2)c([2H])c2c3ccccc3n(-c3ccccc3)c2c1[2H]. The Labute approximate surface area is 330 Å². The minimum Gasteiger partial charge on any atom is -0.309 e. The quantitative estimate of drug-likeness (QED) is 0.162. The summed E-state index contributed by atoms with van der Waals surface area (Å²) in [5.74, 6) is 0. The van der Waals surface area contributed by atoms with Crippen molar-refractivity contribution in [2.45, 2.75) is 0 Å². The van der Waals surface area contributed by atoms with Crippen LogP contribution < -0.4 is 0 Å². The molecule has 0 atom stereocenters. The Morgan fingerprint density at radius 3 is 1.50 bits per heavy atom. The fourth-order valence-electron chi connectivity index (χ4n) is 8.33. The van der Waals surface area contributed by atoms with Crippen molar-refractivity contribution in [3.05, 3.63) is 218 Å². The predicted molar refractivity (Wildman–Crippen MR) is 237 cm³/mol. The summed E-state index contributed by atoms with van der Waals surface area (Å²) in [4.78, 5) is 0. The van der Waals surface area contributed by atoms with E-state index in [1.807, 2.05) is 77.4 Å². The van der Waals surface area contributed by atoms with Gasteiger partial charge in [-0.15, -0.1) is 0 Å². The van der Waals surface area contributed by atoms with Crippen LogP contribution in [0.4, 0.5) is 0 Å². The molecule has 0 aliphatic carbocycles. The van der Waals surface area contributed by atoms with E-state index >= 15 is 0 Å². The molecule has 0 bridgehead atoms. The molecule has 56 heavy (non-hydrogen) atoms. The van der Waals surface area contributed by atoms with E-state index in [0.29, 0.717) is 16.5 Å². The van der Waals surface area contributed by atoms with Crippen molar-refractivity contribution in [1.29, 1.82) is 0 Å². The number of hydrogen-bond acceptors (Lipinski definition) is 0. The van der Waals surface area contributed by atoms with Crippen LogP contribution in [0.3, 0.4) is 0 Å². The second-order valence-electron chi connectivity index (χ2n) is 14.3. The van der Waals surface area contributed by atoms with Crippen LogP contribution in [-0.2, 0) is 0 Å². The number of benzene rings is 9. The van der Waals surface area contributed by atoms with Gasteiger partial charge in [0.1, 0.15) is 0 Å². The summed E-state index contributed by atoms with van der Waals surface area (Å²) in [6.07, 6.45) is 0. The van der Waals surface area contributed by atoms with Gasteiger partial charge in [-0.25, -0.2) is 0 Å². The summed E-state index contributed by atoms with van der Waals surface area (Å²) in [6.45, 7) is 0. The lowest BCUT2D eigenvalue weighted by atomic mass is 9.99. The molecule has 11 aromatic rings. The molecule has 0 amide bonds. The summed E-state index contributed by atoms with van der Waals surface area (Å²) in [6, 6.07) is 69.7. The molecule has 0 aliphatic rings. The first-order valence-corrected chi connectivity index (χ1v) is 19.0. The Morgan fingerprint density at radius 1 is 0.268 bits per heavy atom. The van der Waals surface area contributed by atoms with Crippen LogP contribution in [0.1, 0.15) is 4.11 Å². The van der Waals surface area contributed by atoms with E-state index in [2.05, 4.69) is 132 Å². The third kappa shape index (κ3) is 5.34. The third-order valence-electron chi connectivity index (χ3n) is 11.0. The highest BCUT2D eigenvalue weighted by molar-refractivity contribution is 6.13. The van der Waals surface area contributed by atoms with Crippen LogP contribution in [-0.4, -0.2) is 9.13 Å². The summed E-state index contributed by atoms with van der Waals surface area (Å²) in [7, 11) is 0. The van der Waals surface area contributed by atoms with Gasteiger partial charge < -0.3 is 9.13 Å². The number of rotatable bonds is 6. The fraction of sp³-hybridized carbons (Fsp3) is 0. The molecular weight excluding hydrogens is 677 g/mol. The van der Waals surface area contributed by atoms with Crippen molar-refractivity contribution in [2.75, 3.05) is 0 Å². The molecule has 2 heterocycles. The van der Waals surface area contributed by atoms with Crippen LogP contribution in [0.15, 0.2) is 218 Å². The zero-order chi connectivity index (χ0) is 39.6. The van der Waals surface area contributed by atoms with Crippen LogP contribution in [0.2, 0.25) is 0 Å². The van der Waals surface area contributed by atoms with Crippen LogP contribution >= 0.6 is 0 Å². The maximum atomic E-state index is 9.74. The van der Waals surface area contributed by atoms with Gasteiger partial charge >= 0.3 is 0 Å². The summed E-state index contributed by atoms with van der Waals surface area (Å²) in [5, 5.41) is 3.68. The molecule has 0 N–H and O–H groups in total. The molecule has 0 saturated heterocycles. The Hall–Kier alpha value is -7.42. The van der Waals surface area contributed by atoms with Gasteiger partial charge in [-0.05, 0) is 111 Å². The zero-order valence-corrected chi connectivity index (χ0v) is 30.4. The minimum absolute atomic E-state index is 0.0452. The highest BCUT2D eigenvalue weighted by atomic mass is 15.0. The van der Waals surface area contributed by atoms with Crippen LogP contribution in [0.25, 0.3) is 99.5 Å². The van der Waals surface area contributed by atoms with Crippen molar-refractivity contribution in [3.63, 3.8) is 0 Å². The van der Waals surface area contributed by atoms with Gasteiger partial charge in [0, 0.05) is 32.9 Å². The van der Waals surface area contributed by atoms with Gasteiger partial charge in [0.2, 0.25) is 0 Å². The lowest BCUT2D eigenvalue weighted by molar-refractivity contribution is 1.18. The van der Waals surface area contributed by atoms with E-state index in [1.54, 1.807) is 0 Å². The van der Waals surface area contributed by atoms with Gasteiger partial charge in [-0.3, -0.25) is 0 Å². The number of aromatic nitrogens is 2. The van der Waals surface area contributed by atoms with Crippen molar-refractivity contribution < 1.29 is 4.11 Å². The highest BCUT2D eigenvalue weighted by Gasteiger charge is 2.17. The normalized spacial score (nSPS) is 12.3. The minimum atomic E-state index is 0.0452. The molecule has 11 rings (SSSR count).